The van der Waals surface area contributed by atoms with Gasteiger partial charge < -0.3 is 19.5 Å². The Morgan fingerprint density at radius 1 is 0.881 bits per heavy atom. The molecule has 9 nitrogen and oxygen atoms in total. The van der Waals surface area contributed by atoms with Crippen LogP contribution in [0.2, 0.25) is 0 Å². The number of likely N-dealkylation sites (N-methyl/N-ethyl adjacent to an activating group) is 1. The fourth-order valence-electron chi connectivity index (χ4n) is 14.1. The van der Waals surface area contributed by atoms with Crippen molar-refractivity contribution < 1.29 is 33.8 Å². The lowest BCUT2D eigenvalue weighted by molar-refractivity contribution is -0.235. The highest BCUT2D eigenvalue weighted by Gasteiger charge is 2.71. The molecule has 6 rings (SSSR count). The van der Waals surface area contributed by atoms with Crippen LogP contribution in [0.1, 0.15) is 139 Å². The van der Waals surface area contributed by atoms with Crippen molar-refractivity contribution in [2.45, 2.75) is 152 Å². The normalized spacial score (nSPS) is 34.5. The number of ketones is 1. The molecular formula is C50H76N2O7. The summed E-state index contributed by atoms with van der Waals surface area (Å²) in [6, 6.07) is 10.5. The summed E-state index contributed by atoms with van der Waals surface area (Å²) in [6.07, 6.45) is 7.26. The van der Waals surface area contributed by atoms with Gasteiger partial charge in [-0.05, 0) is 136 Å². The first kappa shape index (κ1) is 45.5. The van der Waals surface area contributed by atoms with E-state index in [0.717, 1.165) is 76.6 Å². The van der Waals surface area contributed by atoms with Gasteiger partial charge in [0.15, 0.2) is 5.78 Å². The molecule has 0 heterocycles. The Balaban J connectivity index is 1.33. The monoisotopic (exact) mass is 817 g/mol. The summed E-state index contributed by atoms with van der Waals surface area (Å²) in [6.45, 7) is 24.2. The van der Waals surface area contributed by atoms with Crippen LogP contribution in [0.5, 0.6) is 0 Å². The maximum absolute atomic E-state index is 14.6. The first-order valence-corrected chi connectivity index (χ1v) is 22.7. The van der Waals surface area contributed by atoms with E-state index in [4.69, 9.17) is 9.47 Å². The summed E-state index contributed by atoms with van der Waals surface area (Å²) >= 11 is 0. The number of Topliss-reactive ketones (excluding diaryl/α,β-unsaturated/α-hetero) is 1. The van der Waals surface area contributed by atoms with Gasteiger partial charge in [0.05, 0.1) is 11.8 Å². The molecule has 0 aromatic heterocycles. The van der Waals surface area contributed by atoms with Crippen LogP contribution in [0.25, 0.3) is 0 Å². The number of nitrogens with zero attached hydrogens (tertiary/aromatic N) is 2. The third kappa shape index (κ3) is 7.98. The molecule has 1 N–H and O–H groups in total. The lowest BCUT2D eigenvalue weighted by atomic mass is 9.33. The Bertz CT molecular complexity index is 1800. The molecule has 0 saturated heterocycles. The van der Waals surface area contributed by atoms with Crippen LogP contribution >= 0.6 is 0 Å². The van der Waals surface area contributed by atoms with Gasteiger partial charge in [-0.25, -0.2) is 0 Å². The third-order valence-corrected chi connectivity index (χ3v) is 17.3. The highest BCUT2D eigenvalue weighted by Crippen LogP contribution is 2.77. The molecule has 0 radical (unpaired) electrons. The minimum absolute atomic E-state index is 0.0150. The summed E-state index contributed by atoms with van der Waals surface area (Å²) < 4.78 is 12.7. The Hall–Kier alpha value is -3.04. The summed E-state index contributed by atoms with van der Waals surface area (Å²) in [5.74, 6) is -0.368. The summed E-state index contributed by atoms with van der Waals surface area (Å²) in [4.78, 5) is 57.4. The number of benzene rings is 1. The van der Waals surface area contributed by atoms with Crippen LogP contribution in [-0.4, -0.2) is 84.5 Å². The number of hydrogen-bond acceptors (Lipinski definition) is 8. The van der Waals surface area contributed by atoms with E-state index in [-0.39, 0.29) is 57.8 Å². The molecule has 9 atom stereocenters. The minimum atomic E-state index is -1.18. The average molecular weight is 817 g/mol. The molecule has 4 fully saturated rings. The zero-order valence-corrected chi connectivity index (χ0v) is 38.5. The van der Waals surface area contributed by atoms with Gasteiger partial charge in [-0.1, -0.05) is 78.8 Å². The first-order chi connectivity index (χ1) is 27.4. The highest BCUT2D eigenvalue weighted by molar-refractivity contribution is 6.01. The SMILES string of the molecule is CC(=O)OC(CN(CCN(C)C)Cc1ccccc1)[C@@]12CC[C@]3(C)[C@H](CC[C@H]4C3(C)CCC3C(C)(C)[C@@H](OC(=O)CC(C)(C)C(=O)O)CC[C@@]34C)C1=C(C(C)C)C(=O)C2. The second kappa shape index (κ2) is 16.3. The van der Waals surface area contributed by atoms with Crippen LogP contribution in [0.15, 0.2) is 41.5 Å². The Kier molecular flexibility index (Phi) is 12.6. The van der Waals surface area contributed by atoms with Crippen molar-refractivity contribution in [1.82, 2.24) is 9.80 Å². The summed E-state index contributed by atoms with van der Waals surface area (Å²) in [5, 5.41) is 9.67. The van der Waals surface area contributed by atoms with E-state index < -0.39 is 28.9 Å². The number of carboxylic acid groups (broad SMARTS) is 1. The molecule has 1 aromatic rings. The molecule has 5 aliphatic carbocycles. The van der Waals surface area contributed by atoms with Gasteiger partial charge in [-0.2, -0.15) is 0 Å². The summed E-state index contributed by atoms with van der Waals surface area (Å²) in [7, 11) is 4.18. The predicted molar refractivity (Wildman–Crippen MR) is 231 cm³/mol. The highest BCUT2D eigenvalue weighted by atomic mass is 16.5. The zero-order chi connectivity index (χ0) is 43.5. The van der Waals surface area contributed by atoms with Crippen molar-refractivity contribution in [3.8, 4) is 0 Å². The second-order valence-corrected chi connectivity index (χ2v) is 22.2. The van der Waals surface area contributed by atoms with Gasteiger partial charge >= 0.3 is 17.9 Å². The van der Waals surface area contributed by atoms with E-state index >= 15 is 0 Å². The number of carbonyl (C=O) groups excluding carboxylic acids is 3. The maximum atomic E-state index is 14.6. The molecule has 328 valence electrons. The molecule has 4 saturated carbocycles. The van der Waals surface area contributed by atoms with Crippen LogP contribution in [0.4, 0.5) is 0 Å². The van der Waals surface area contributed by atoms with Crippen molar-refractivity contribution in [2.75, 3.05) is 33.7 Å². The quantitative estimate of drug-likeness (QED) is 0.184. The van der Waals surface area contributed by atoms with Crippen molar-refractivity contribution >= 4 is 23.7 Å². The maximum Gasteiger partial charge on any atom is 0.309 e. The van der Waals surface area contributed by atoms with Crippen LogP contribution in [0.3, 0.4) is 0 Å². The molecule has 5 aliphatic rings. The van der Waals surface area contributed by atoms with Gasteiger partial charge in [0.25, 0.3) is 0 Å². The number of esters is 2. The molecular weight excluding hydrogens is 741 g/mol. The van der Waals surface area contributed by atoms with Crippen molar-refractivity contribution in [3.05, 3.63) is 47.0 Å². The minimum Gasteiger partial charge on any atom is -0.481 e. The van der Waals surface area contributed by atoms with E-state index in [2.05, 4.69) is 96.6 Å². The number of carbonyl (C=O) groups is 4. The molecule has 0 aliphatic heterocycles. The van der Waals surface area contributed by atoms with Crippen LogP contribution < -0.4 is 0 Å². The second-order valence-electron chi connectivity index (χ2n) is 22.2. The van der Waals surface area contributed by atoms with E-state index in [0.29, 0.717) is 24.8 Å². The third-order valence-electron chi connectivity index (χ3n) is 17.3. The Labute approximate surface area is 355 Å². The van der Waals surface area contributed by atoms with E-state index in [1.807, 2.05) is 6.07 Å². The molecule has 0 bridgehead atoms. The van der Waals surface area contributed by atoms with Gasteiger partial charge in [0.1, 0.15) is 12.2 Å². The first-order valence-electron chi connectivity index (χ1n) is 22.7. The number of aliphatic carboxylic acids is 1. The lowest BCUT2D eigenvalue weighted by Crippen LogP contribution is -2.66. The number of ether oxygens (including phenoxy) is 2. The molecule has 9 heteroatoms. The number of carboxylic acids is 1. The molecule has 0 spiro atoms. The fourth-order valence-corrected chi connectivity index (χ4v) is 14.1. The van der Waals surface area contributed by atoms with Crippen molar-refractivity contribution in [3.63, 3.8) is 0 Å². The Morgan fingerprint density at radius 2 is 1.56 bits per heavy atom. The van der Waals surface area contributed by atoms with Gasteiger partial charge in [-0.3, -0.25) is 24.1 Å². The number of fused-ring (bicyclic) bond motifs is 7. The molecule has 3 unspecified atom stereocenters. The van der Waals surface area contributed by atoms with Gasteiger partial charge in [-0.15, -0.1) is 0 Å². The van der Waals surface area contributed by atoms with Crippen LogP contribution in [0, 0.1) is 56.2 Å². The molecule has 59 heavy (non-hydrogen) atoms. The molecule has 0 amide bonds. The standard InChI is InChI=1S/C50H76N2O7/c1-32(2)42-36(54)28-50(40(58-33(3)53)31-52(27-26-51(11)12)30-34-16-14-13-15-17-34)25-24-48(9)35(43(42)50)18-19-38-47(8)22-21-39(59-41(55)29-45(4,5)44(56)57)46(6,7)37(47)20-23-49(38,48)10/h13-17,32,35,37-40H,18-31H2,1-12H3,(H,56,57)/t35-,37?,38-,39+,40?,47+,48-,49?,50+/m1/s1. The van der Waals surface area contributed by atoms with E-state index in [1.165, 1.54) is 18.1 Å². The van der Waals surface area contributed by atoms with E-state index in [1.54, 1.807) is 13.8 Å². The number of allylic oxidation sites excluding steroid dienone is 1. The number of rotatable bonds is 14. The average Bonchev–Trinajstić information content (AvgIpc) is 3.45. The fraction of sp³-hybridized carbons (Fsp3) is 0.760. The largest absolute Gasteiger partial charge is 0.481 e. The van der Waals surface area contributed by atoms with Gasteiger partial charge in [0, 0.05) is 50.4 Å². The Morgan fingerprint density at radius 3 is 2.17 bits per heavy atom. The number of hydrogen-bond donors (Lipinski definition) is 1. The lowest BCUT2D eigenvalue weighted by Gasteiger charge is -2.72. The smallest absolute Gasteiger partial charge is 0.309 e. The van der Waals surface area contributed by atoms with Crippen molar-refractivity contribution in [2.24, 2.45) is 56.2 Å². The molecule has 1 aromatic carbocycles. The zero-order valence-electron chi connectivity index (χ0n) is 38.5. The van der Waals surface area contributed by atoms with Gasteiger partial charge in [0.2, 0.25) is 0 Å². The predicted octanol–water partition coefficient (Wildman–Crippen LogP) is 9.38. The summed E-state index contributed by atoms with van der Waals surface area (Å²) in [5.41, 5.74) is 1.54. The van der Waals surface area contributed by atoms with E-state index in [9.17, 15) is 24.3 Å². The van der Waals surface area contributed by atoms with Crippen LogP contribution in [-0.2, 0) is 35.2 Å². The van der Waals surface area contributed by atoms with Crippen molar-refractivity contribution in [1.29, 1.82) is 0 Å². The topological polar surface area (TPSA) is 113 Å².